The predicted molar refractivity (Wildman–Crippen MR) is 175 cm³/mol. The summed E-state index contributed by atoms with van der Waals surface area (Å²) in [6.07, 6.45) is -1.97. The van der Waals surface area contributed by atoms with Crippen LogP contribution in [0.5, 0.6) is 0 Å². The zero-order valence-corrected chi connectivity index (χ0v) is 27.2. The summed E-state index contributed by atoms with van der Waals surface area (Å²) in [5.41, 5.74) is 4.90. The Hall–Kier alpha value is -3.45. The van der Waals surface area contributed by atoms with E-state index in [1.54, 1.807) is 19.2 Å². The van der Waals surface area contributed by atoms with E-state index in [0.717, 1.165) is 62.0 Å². The number of nitrogens with zero attached hydrogens (tertiary/aromatic N) is 7. The molecule has 3 saturated heterocycles. The summed E-state index contributed by atoms with van der Waals surface area (Å²) in [5.74, 6) is 0.565. The summed E-state index contributed by atoms with van der Waals surface area (Å²) in [7, 11) is -1.23. The molecule has 250 valence electrons. The van der Waals surface area contributed by atoms with E-state index in [1.807, 2.05) is 10.6 Å². The zero-order valence-electron chi connectivity index (χ0n) is 26.4. The van der Waals surface area contributed by atoms with Gasteiger partial charge in [-0.25, -0.2) is 14.3 Å². The lowest BCUT2D eigenvalue weighted by Gasteiger charge is -2.54. The number of likely N-dealkylation sites (N-methyl/N-ethyl adjacent to an activating group) is 1. The SMILES string of the molecule is Cc1c(CN2CCC3(CC2)CN(c2ncnc4ccc(CC(F)(F)F)cc24)C3)ccc2c1cc(C#N)n2CC1CN(C)S(O)(O)CO1. The predicted octanol–water partition coefficient (Wildman–Crippen LogP) is 5.93. The molecular weight excluding hydrogens is 631 g/mol. The Morgan fingerprint density at radius 1 is 1.09 bits per heavy atom. The van der Waals surface area contributed by atoms with E-state index in [1.165, 1.54) is 22.3 Å². The Balaban J connectivity index is 0.999. The number of ether oxygens (including phenoxy) is 1. The lowest BCUT2D eigenvalue weighted by Crippen LogP contribution is -2.60. The largest absolute Gasteiger partial charge is 0.393 e. The molecule has 3 aliphatic heterocycles. The molecule has 3 fully saturated rings. The van der Waals surface area contributed by atoms with Gasteiger partial charge in [-0.15, -0.1) is 10.8 Å². The number of halogens is 3. The molecular formula is C33H38F3N7O3S. The monoisotopic (exact) mass is 669 g/mol. The molecule has 0 saturated carbocycles. The van der Waals surface area contributed by atoms with Crippen molar-refractivity contribution in [2.24, 2.45) is 5.41 Å². The van der Waals surface area contributed by atoms with Gasteiger partial charge in [-0.2, -0.15) is 18.4 Å². The fourth-order valence-corrected chi connectivity index (χ4v) is 8.33. The van der Waals surface area contributed by atoms with E-state index in [4.69, 9.17) is 4.74 Å². The highest BCUT2D eigenvalue weighted by molar-refractivity contribution is 8.22. The number of piperidine rings is 1. The van der Waals surface area contributed by atoms with Crippen LogP contribution in [0, 0.1) is 23.7 Å². The maximum atomic E-state index is 13.0. The third kappa shape index (κ3) is 6.28. The molecule has 10 nitrogen and oxygen atoms in total. The van der Waals surface area contributed by atoms with Gasteiger partial charge < -0.3 is 14.2 Å². The van der Waals surface area contributed by atoms with Gasteiger partial charge in [0.05, 0.1) is 24.6 Å². The highest BCUT2D eigenvalue weighted by Gasteiger charge is 2.45. The average molecular weight is 670 g/mol. The lowest BCUT2D eigenvalue weighted by atomic mass is 9.72. The summed E-state index contributed by atoms with van der Waals surface area (Å²) in [5, 5.41) is 11.6. The minimum atomic E-state index is -4.27. The molecule has 2 aromatic carbocycles. The van der Waals surface area contributed by atoms with Crippen LogP contribution in [-0.2, 0) is 24.2 Å². The van der Waals surface area contributed by atoms with E-state index in [2.05, 4.69) is 44.9 Å². The first-order valence-electron chi connectivity index (χ1n) is 15.7. The molecule has 0 amide bonds. The normalized spacial score (nSPS) is 22.4. The summed E-state index contributed by atoms with van der Waals surface area (Å²) >= 11 is 0. The van der Waals surface area contributed by atoms with Gasteiger partial charge in [0.1, 0.15) is 23.9 Å². The van der Waals surface area contributed by atoms with E-state index >= 15 is 0 Å². The molecule has 4 aromatic rings. The molecule has 1 spiro atoms. The Morgan fingerprint density at radius 2 is 1.85 bits per heavy atom. The standard InChI is InChI=1S/C33H38F3N7O3S/c1-22-24(4-6-30-27(22)12-25(14-37)43(30)17-26-16-40(2)47(44,45)21-46-26)15-41-9-7-32(8-10-41)18-42(19-32)31-28-11-23(13-33(34,35)36)3-5-29(28)38-20-39-31/h3-6,11-12,20,26,44-45H,7-10,13,15-19,21H2,1-2H3. The number of fused-ring (bicyclic) bond motifs is 2. The summed E-state index contributed by atoms with van der Waals surface area (Å²) in [6.45, 7) is 7.25. The first-order chi connectivity index (χ1) is 22.3. The van der Waals surface area contributed by atoms with Crippen LogP contribution < -0.4 is 4.90 Å². The fraction of sp³-hybridized carbons (Fsp3) is 0.485. The Morgan fingerprint density at radius 3 is 2.55 bits per heavy atom. The number of rotatable bonds is 6. The summed E-state index contributed by atoms with van der Waals surface area (Å²) in [6, 6.07) is 13.2. The Bertz CT molecular complexity index is 1860. The fourth-order valence-electron chi connectivity index (χ4n) is 7.37. The van der Waals surface area contributed by atoms with Gasteiger partial charge >= 0.3 is 6.18 Å². The van der Waals surface area contributed by atoms with Crippen molar-refractivity contribution < 1.29 is 27.0 Å². The van der Waals surface area contributed by atoms with Crippen LogP contribution in [0.15, 0.2) is 42.7 Å². The molecule has 1 unspecified atom stereocenters. The number of nitriles is 1. The van der Waals surface area contributed by atoms with Crippen LogP contribution in [-0.4, -0.2) is 90.8 Å². The third-order valence-corrected chi connectivity index (χ3v) is 11.7. The van der Waals surface area contributed by atoms with Crippen molar-refractivity contribution in [3.8, 4) is 6.07 Å². The molecule has 2 aromatic heterocycles. The minimum Gasteiger partial charge on any atom is -0.355 e. The molecule has 7 rings (SSSR count). The molecule has 2 N–H and O–H groups in total. The first kappa shape index (κ1) is 32.1. The quantitative estimate of drug-likeness (QED) is 0.258. The van der Waals surface area contributed by atoms with E-state index in [0.29, 0.717) is 35.5 Å². The maximum absolute atomic E-state index is 13.0. The van der Waals surface area contributed by atoms with Gasteiger partial charge in [0.15, 0.2) is 5.94 Å². The van der Waals surface area contributed by atoms with Crippen molar-refractivity contribution in [1.29, 1.82) is 5.26 Å². The van der Waals surface area contributed by atoms with Crippen molar-refractivity contribution in [3.05, 3.63) is 65.1 Å². The van der Waals surface area contributed by atoms with E-state index in [9.17, 15) is 27.5 Å². The lowest BCUT2D eigenvalue weighted by molar-refractivity contribution is -0.127. The zero-order chi connectivity index (χ0) is 33.1. The number of benzene rings is 2. The van der Waals surface area contributed by atoms with Crippen LogP contribution in [0.4, 0.5) is 19.0 Å². The number of hydrogen-bond donors (Lipinski definition) is 2. The van der Waals surface area contributed by atoms with Gasteiger partial charge in [-0.1, -0.05) is 12.1 Å². The van der Waals surface area contributed by atoms with Gasteiger partial charge in [0.25, 0.3) is 0 Å². The highest BCUT2D eigenvalue weighted by atomic mass is 32.3. The van der Waals surface area contributed by atoms with Crippen molar-refractivity contribution in [3.63, 3.8) is 0 Å². The smallest absolute Gasteiger partial charge is 0.355 e. The second kappa shape index (κ2) is 11.9. The first-order valence-corrected chi connectivity index (χ1v) is 17.4. The maximum Gasteiger partial charge on any atom is 0.393 e. The van der Waals surface area contributed by atoms with Crippen LogP contribution in [0.2, 0.25) is 0 Å². The number of alkyl halides is 3. The van der Waals surface area contributed by atoms with E-state index < -0.39 is 23.4 Å². The highest BCUT2D eigenvalue weighted by Crippen LogP contribution is 2.46. The van der Waals surface area contributed by atoms with Crippen molar-refractivity contribution in [2.45, 2.75) is 51.6 Å². The number of aryl methyl sites for hydroxylation is 1. The summed E-state index contributed by atoms with van der Waals surface area (Å²) in [4.78, 5) is 13.4. The molecule has 0 aliphatic carbocycles. The Kier molecular flexibility index (Phi) is 8.13. The molecule has 0 radical (unpaired) electrons. The number of hydrogen-bond acceptors (Lipinski definition) is 9. The van der Waals surface area contributed by atoms with Crippen LogP contribution in [0.3, 0.4) is 0 Å². The van der Waals surface area contributed by atoms with Crippen molar-refractivity contribution in [2.75, 3.05) is 50.6 Å². The van der Waals surface area contributed by atoms with Gasteiger partial charge in [-0.05, 0) is 73.8 Å². The van der Waals surface area contributed by atoms with E-state index in [-0.39, 0.29) is 23.0 Å². The second-order valence-electron chi connectivity index (χ2n) is 13.4. The van der Waals surface area contributed by atoms with Crippen LogP contribution in [0.25, 0.3) is 21.8 Å². The average Bonchev–Trinajstić information content (AvgIpc) is 3.37. The third-order valence-electron chi connectivity index (χ3n) is 10.1. The molecule has 3 aliphatic rings. The minimum absolute atomic E-state index is 0.142. The van der Waals surface area contributed by atoms with Crippen molar-refractivity contribution in [1.82, 2.24) is 23.7 Å². The number of aromatic nitrogens is 3. The summed E-state index contributed by atoms with van der Waals surface area (Å²) < 4.78 is 68.5. The van der Waals surface area contributed by atoms with Gasteiger partial charge in [0, 0.05) is 54.9 Å². The van der Waals surface area contributed by atoms with Crippen LogP contribution >= 0.6 is 10.8 Å². The topological polar surface area (TPSA) is 114 Å². The Labute approximate surface area is 272 Å². The molecule has 5 heterocycles. The van der Waals surface area contributed by atoms with Crippen molar-refractivity contribution >= 4 is 38.4 Å². The second-order valence-corrected chi connectivity index (χ2v) is 15.5. The van der Waals surface area contributed by atoms with Crippen LogP contribution in [0.1, 0.15) is 35.2 Å². The molecule has 14 heteroatoms. The number of anilines is 1. The van der Waals surface area contributed by atoms with Gasteiger partial charge in [-0.3, -0.25) is 14.0 Å². The number of likely N-dealkylation sites (tertiary alicyclic amines) is 1. The molecule has 1 atom stereocenters. The molecule has 0 bridgehead atoms. The van der Waals surface area contributed by atoms with Gasteiger partial charge in [0.2, 0.25) is 0 Å². The molecule has 47 heavy (non-hydrogen) atoms.